The average Bonchev–Trinajstić information content (AvgIpc) is 2.85. The van der Waals surface area contributed by atoms with Gasteiger partial charge in [-0.2, -0.15) is 4.98 Å². The minimum atomic E-state index is -0.0468. The van der Waals surface area contributed by atoms with E-state index in [9.17, 15) is 4.79 Å². The fourth-order valence-corrected chi connectivity index (χ4v) is 4.40. The standard InChI is InChI=1S/C26H27N5O2/c1-3-31-24-19(16-28-26(30-24)29-20-9-12-33-13-10-20)15-22(25(31)32)21-8-7-18(14-17(21)2)23-6-4-5-11-27-23/h4-8,11,14-16,20H,3,9-10,12-13H2,1-2H3,(H,28,29,30). The van der Waals surface area contributed by atoms with Crippen LogP contribution in [0.3, 0.4) is 0 Å². The molecule has 0 atom stereocenters. The molecule has 4 heterocycles. The molecule has 0 spiro atoms. The highest BCUT2D eigenvalue weighted by atomic mass is 16.5. The largest absolute Gasteiger partial charge is 0.381 e. The number of aromatic nitrogens is 4. The van der Waals surface area contributed by atoms with Gasteiger partial charge in [0.2, 0.25) is 5.95 Å². The molecule has 33 heavy (non-hydrogen) atoms. The molecule has 1 aliphatic rings. The third kappa shape index (κ3) is 4.24. The monoisotopic (exact) mass is 441 g/mol. The van der Waals surface area contributed by atoms with Crippen LogP contribution in [0.4, 0.5) is 5.95 Å². The molecule has 0 bridgehead atoms. The van der Waals surface area contributed by atoms with Crippen molar-refractivity contribution in [2.45, 2.75) is 39.3 Å². The van der Waals surface area contributed by atoms with Crippen molar-refractivity contribution in [3.05, 3.63) is 70.8 Å². The van der Waals surface area contributed by atoms with E-state index >= 15 is 0 Å². The van der Waals surface area contributed by atoms with Gasteiger partial charge in [-0.1, -0.05) is 18.2 Å². The van der Waals surface area contributed by atoms with E-state index in [0.29, 0.717) is 23.7 Å². The third-order valence-corrected chi connectivity index (χ3v) is 6.17. The van der Waals surface area contributed by atoms with Crippen molar-refractivity contribution in [1.82, 2.24) is 19.5 Å². The van der Waals surface area contributed by atoms with E-state index in [1.165, 1.54) is 0 Å². The summed E-state index contributed by atoms with van der Waals surface area (Å²) in [6.45, 7) is 6.01. The Morgan fingerprint density at radius 3 is 2.67 bits per heavy atom. The van der Waals surface area contributed by atoms with Crippen LogP contribution in [0, 0.1) is 6.92 Å². The predicted octanol–water partition coefficient (Wildman–Crippen LogP) is 4.44. The second kappa shape index (κ2) is 9.11. The molecule has 0 radical (unpaired) electrons. The second-order valence-electron chi connectivity index (χ2n) is 8.36. The molecular weight excluding hydrogens is 414 g/mol. The van der Waals surface area contributed by atoms with Crippen LogP contribution in [-0.4, -0.2) is 38.8 Å². The van der Waals surface area contributed by atoms with Crippen LogP contribution >= 0.6 is 0 Å². The van der Waals surface area contributed by atoms with Crippen molar-refractivity contribution in [1.29, 1.82) is 0 Å². The van der Waals surface area contributed by atoms with Gasteiger partial charge in [-0.3, -0.25) is 14.3 Å². The van der Waals surface area contributed by atoms with E-state index in [1.807, 2.05) is 50.2 Å². The molecule has 0 aliphatic carbocycles. The number of benzene rings is 1. The lowest BCUT2D eigenvalue weighted by atomic mass is 9.97. The van der Waals surface area contributed by atoms with Gasteiger partial charge in [0, 0.05) is 54.7 Å². The Hall–Kier alpha value is -3.58. The molecule has 168 valence electrons. The number of aryl methyl sites for hydroxylation is 2. The first kappa shape index (κ1) is 21.3. The zero-order valence-corrected chi connectivity index (χ0v) is 18.9. The predicted molar refractivity (Wildman–Crippen MR) is 130 cm³/mol. The third-order valence-electron chi connectivity index (χ3n) is 6.17. The lowest BCUT2D eigenvalue weighted by molar-refractivity contribution is 0.0903. The highest BCUT2D eigenvalue weighted by Gasteiger charge is 2.17. The van der Waals surface area contributed by atoms with Gasteiger partial charge in [-0.15, -0.1) is 0 Å². The number of fused-ring (bicyclic) bond motifs is 1. The molecule has 3 aromatic heterocycles. The molecule has 0 amide bonds. The highest BCUT2D eigenvalue weighted by molar-refractivity contribution is 5.83. The maximum Gasteiger partial charge on any atom is 0.260 e. The number of hydrogen-bond donors (Lipinski definition) is 1. The zero-order valence-electron chi connectivity index (χ0n) is 18.9. The maximum atomic E-state index is 13.5. The van der Waals surface area contributed by atoms with Crippen LogP contribution in [0.15, 0.2) is 59.7 Å². The Labute approximate surface area is 192 Å². The molecular formula is C26H27N5O2. The molecule has 4 aromatic rings. The smallest absolute Gasteiger partial charge is 0.260 e. The summed E-state index contributed by atoms with van der Waals surface area (Å²) in [7, 11) is 0. The topological polar surface area (TPSA) is 81.9 Å². The van der Waals surface area contributed by atoms with Gasteiger partial charge in [0.1, 0.15) is 5.65 Å². The van der Waals surface area contributed by atoms with E-state index in [4.69, 9.17) is 9.72 Å². The Kier molecular flexibility index (Phi) is 5.88. The molecule has 1 N–H and O–H groups in total. The van der Waals surface area contributed by atoms with Crippen LogP contribution in [-0.2, 0) is 11.3 Å². The summed E-state index contributed by atoms with van der Waals surface area (Å²) in [5, 5.41) is 4.24. The van der Waals surface area contributed by atoms with Gasteiger partial charge in [-0.25, -0.2) is 4.98 Å². The van der Waals surface area contributed by atoms with Crippen LogP contribution in [0.1, 0.15) is 25.3 Å². The number of ether oxygens (including phenoxy) is 1. The van der Waals surface area contributed by atoms with Gasteiger partial charge in [-0.05, 0) is 62.1 Å². The fourth-order valence-electron chi connectivity index (χ4n) is 4.40. The summed E-state index contributed by atoms with van der Waals surface area (Å²) in [5.74, 6) is 0.555. The average molecular weight is 442 g/mol. The number of anilines is 1. The van der Waals surface area contributed by atoms with Crippen LogP contribution < -0.4 is 10.9 Å². The Bertz CT molecular complexity index is 1340. The fraction of sp³-hybridized carbons (Fsp3) is 0.308. The van der Waals surface area contributed by atoms with E-state index < -0.39 is 0 Å². The molecule has 1 aliphatic heterocycles. The molecule has 1 fully saturated rings. The lowest BCUT2D eigenvalue weighted by Gasteiger charge is -2.23. The minimum absolute atomic E-state index is 0.0468. The summed E-state index contributed by atoms with van der Waals surface area (Å²) in [5.41, 5.74) is 5.13. The van der Waals surface area contributed by atoms with E-state index in [0.717, 1.165) is 53.8 Å². The van der Waals surface area contributed by atoms with E-state index in [1.54, 1.807) is 17.0 Å². The minimum Gasteiger partial charge on any atom is -0.381 e. The van der Waals surface area contributed by atoms with Crippen LogP contribution in [0.25, 0.3) is 33.4 Å². The molecule has 0 saturated carbocycles. The Morgan fingerprint density at radius 1 is 1.09 bits per heavy atom. The molecule has 7 nitrogen and oxygen atoms in total. The van der Waals surface area contributed by atoms with Gasteiger partial charge < -0.3 is 10.1 Å². The van der Waals surface area contributed by atoms with Crippen molar-refractivity contribution in [3.63, 3.8) is 0 Å². The van der Waals surface area contributed by atoms with Crippen LogP contribution in [0.5, 0.6) is 0 Å². The van der Waals surface area contributed by atoms with Crippen molar-refractivity contribution in [3.8, 4) is 22.4 Å². The van der Waals surface area contributed by atoms with Crippen LogP contribution in [0.2, 0.25) is 0 Å². The van der Waals surface area contributed by atoms with Gasteiger partial charge >= 0.3 is 0 Å². The summed E-state index contributed by atoms with van der Waals surface area (Å²) in [6.07, 6.45) is 5.44. The number of pyridine rings is 2. The van der Waals surface area contributed by atoms with Gasteiger partial charge in [0.25, 0.3) is 5.56 Å². The molecule has 7 heteroatoms. The van der Waals surface area contributed by atoms with Crippen molar-refractivity contribution < 1.29 is 4.74 Å². The SMILES string of the molecule is CCn1c(=O)c(-c2ccc(-c3ccccn3)cc2C)cc2cnc(NC3CCOCC3)nc21. The first-order chi connectivity index (χ1) is 16.1. The number of rotatable bonds is 5. The van der Waals surface area contributed by atoms with Gasteiger partial charge in [0.05, 0.1) is 5.69 Å². The van der Waals surface area contributed by atoms with Crippen molar-refractivity contribution in [2.24, 2.45) is 0 Å². The molecule has 0 unspecified atom stereocenters. The quantitative estimate of drug-likeness (QED) is 0.493. The zero-order chi connectivity index (χ0) is 22.8. The first-order valence-corrected chi connectivity index (χ1v) is 11.4. The Balaban J connectivity index is 1.54. The van der Waals surface area contributed by atoms with E-state index in [2.05, 4.69) is 21.4 Å². The van der Waals surface area contributed by atoms with Crippen molar-refractivity contribution >= 4 is 17.0 Å². The first-order valence-electron chi connectivity index (χ1n) is 11.4. The maximum absolute atomic E-state index is 13.5. The summed E-state index contributed by atoms with van der Waals surface area (Å²) in [6, 6.07) is 14.2. The normalized spacial score (nSPS) is 14.5. The van der Waals surface area contributed by atoms with Crippen molar-refractivity contribution in [2.75, 3.05) is 18.5 Å². The Morgan fingerprint density at radius 2 is 1.94 bits per heavy atom. The number of hydrogen-bond acceptors (Lipinski definition) is 6. The molecule has 1 aromatic carbocycles. The van der Waals surface area contributed by atoms with E-state index in [-0.39, 0.29) is 11.6 Å². The lowest BCUT2D eigenvalue weighted by Crippen LogP contribution is -2.29. The summed E-state index contributed by atoms with van der Waals surface area (Å²) < 4.78 is 7.16. The number of nitrogens with one attached hydrogen (secondary N) is 1. The molecule has 5 rings (SSSR count). The second-order valence-corrected chi connectivity index (χ2v) is 8.36. The highest BCUT2D eigenvalue weighted by Crippen LogP contribution is 2.28. The molecule has 1 saturated heterocycles. The van der Waals surface area contributed by atoms with Gasteiger partial charge in [0.15, 0.2) is 0 Å². The summed E-state index contributed by atoms with van der Waals surface area (Å²) >= 11 is 0. The number of nitrogens with zero attached hydrogens (tertiary/aromatic N) is 4. The summed E-state index contributed by atoms with van der Waals surface area (Å²) in [4.78, 5) is 27.1.